The Morgan fingerprint density at radius 2 is 2.38 bits per heavy atom. The fraction of sp³-hybridized carbons (Fsp3) is 1.00. The molecule has 0 rings (SSSR count). The van der Waals surface area contributed by atoms with Crippen molar-refractivity contribution in [2.24, 2.45) is 0 Å². The van der Waals surface area contributed by atoms with Crippen LogP contribution in [0.1, 0.15) is 14.8 Å². The van der Waals surface area contributed by atoms with E-state index in [1.54, 1.807) is 0 Å². The molecular formula is C3H8LiO3S-. The Morgan fingerprint density at radius 3 is 2.50 bits per heavy atom. The molecule has 8 heavy (non-hydrogen) atoms. The van der Waals surface area contributed by atoms with E-state index in [1.807, 2.05) is 6.92 Å². The summed E-state index contributed by atoms with van der Waals surface area (Å²) in [6.45, 7) is 2.13. The van der Waals surface area contributed by atoms with Crippen molar-refractivity contribution >= 4 is 11.4 Å². The van der Waals surface area contributed by atoms with Crippen molar-refractivity contribution in [1.82, 2.24) is 0 Å². The molecule has 0 N–H and O–H groups in total. The van der Waals surface area contributed by atoms with Gasteiger partial charge in [-0.3, -0.25) is 0 Å². The summed E-state index contributed by atoms with van der Waals surface area (Å²) in [4.78, 5) is 0. The van der Waals surface area contributed by atoms with E-state index in [9.17, 15) is 8.76 Å². The van der Waals surface area contributed by atoms with E-state index in [0.717, 1.165) is 6.42 Å². The summed E-state index contributed by atoms with van der Waals surface area (Å²) in [5.41, 5.74) is 0. The minimum Gasteiger partial charge on any atom is -1.00 e. The maximum Gasteiger partial charge on any atom is 1.00 e. The van der Waals surface area contributed by atoms with Gasteiger partial charge in [0, 0.05) is 0 Å². The SMILES string of the molecule is CCCOS(=O)[O-].[H-].[Li+]. The van der Waals surface area contributed by atoms with E-state index in [2.05, 4.69) is 4.18 Å². The summed E-state index contributed by atoms with van der Waals surface area (Å²) in [6.07, 6.45) is 0.730. The van der Waals surface area contributed by atoms with Gasteiger partial charge in [-0.2, -0.15) is 0 Å². The van der Waals surface area contributed by atoms with Gasteiger partial charge in [0.1, 0.15) is 0 Å². The second-order valence-electron chi connectivity index (χ2n) is 1.03. The average Bonchev–Trinajstić information content (AvgIpc) is 1.61. The molecule has 5 heteroatoms. The number of hydrogen-bond donors (Lipinski definition) is 0. The smallest absolute Gasteiger partial charge is 1.00 e. The quantitative estimate of drug-likeness (QED) is 0.310. The van der Waals surface area contributed by atoms with Crippen molar-refractivity contribution in [2.75, 3.05) is 6.61 Å². The molecule has 1 unspecified atom stereocenters. The molecule has 0 aromatic rings. The molecule has 46 valence electrons. The van der Waals surface area contributed by atoms with Crippen LogP contribution in [0.5, 0.6) is 0 Å². The van der Waals surface area contributed by atoms with E-state index in [4.69, 9.17) is 0 Å². The fourth-order valence-electron chi connectivity index (χ4n) is 0.151. The van der Waals surface area contributed by atoms with Crippen molar-refractivity contribution in [1.29, 1.82) is 0 Å². The first-order valence-electron chi connectivity index (χ1n) is 2.00. The van der Waals surface area contributed by atoms with Crippen LogP contribution in [0.15, 0.2) is 0 Å². The summed E-state index contributed by atoms with van der Waals surface area (Å²) < 4.78 is 23.2. The van der Waals surface area contributed by atoms with Gasteiger partial charge in [-0.05, 0) is 6.42 Å². The Labute approximate surface area is 65.0 Å². The summed E-state index contributed by atoms with van der Waals surface area (Å²) in [7, 11) is 0. The first-order chi connectivity index (χ1) is 3.27. The standard InChI is InChI=1S/C3H8O3S.Li.H/c1-2-3-6-7(4)5;;/h2-3H2,1H3,(H,4,5);;/q;+1;-1/p-1. The van der Waals surface area contributed by atoms with Crippen LogP contribution in [-0.2, 0) is 15.5 Å². The van der Waals surface area contributed by atoms with Crippen LogP contribution in [0.2, 0.25) is 0 Å². The molecule has 1 atom stereocenters. The predicted molar refractivity (Wildman–Crippen MR) is 26.3 cm³/mol. The summed E-state index contributed by atoms with van der Waals surface area (Å²) in [5.74, 6) is 0. The first-order valence-corrected chi connectivity index (χ1v) is 3.00. The Bertz CT molecular complexity index is 72.1. The topological polar surface area (TPSA) is 49.4 Å². The molecule has 0 amide bonds. The Morgan fingerprint density at radius 1 is 1.88 bits per heavy atom. The molecule has 0 aliphatic rings. The molecule has 0 saturated heterocycles. The van der Waals surface area contributed by atoms with Gasteiger partial charge in [0.05, 0.1) is 18.0 Å². The van der Waals surface area contributed by atoms with Crippen molar-refractivity contribution < 1.29 is 33.2 Å². The third-order valence-electron chi connectivity index (χ3n) is 0.384. The zero-order chi connectivity index (χ0) is 5.70. The van der Waals surface area contributed by atoms with Crippen LogP contribution >= 0.6 is 0 Å². The molecule has 0 bridgehead atoms. The zero-order valence-electron chi connectivity index (χ0n) is 6.05. The molecular weight excluding hydrogens is 123 g/mol. The zero-order valence-corrected chi connectivity index (χ0v) is 5.86. The van der Waals surface area contributed by atoms with Crippen LogP contribution in [0.3, 0.4) is 0 Å². The summed E-state index contributed by atoms with van der Waals surface area (Å²) in [6, 6.07) is 0. The van der Waals surface area contributed by atoms with Gasteiger partial charge in [-0.15, -0.1) is 0 Å². The average molecular weight is 131 g/mol. The third-order valence-corrected chi connectivity index (χ3v) is 0.743. The molecule has 0 aliphatic carbocycles. The van der Waals surface area contributed by atoms with Crippen LogP contribution in [-0.4, -0.2) is 15.4 Å². The molecule has 0 aromatic carbocycles. The van der Waals surface area contributed by atoms with Gasteiger partial charge in [0.25, 0.3) is 0 Å². The Hall–Kier alpha value is 0.667. The fourth-order valence-corrected chi connectivity index (χ4v) is 0.454. The molecule has 0 spiro atoms. The second-order valence-corrected chi connectivity index (χ2v) is 1.67. The molecule has 0 radical (unpaired) electrons. The van der Waals surface area contributed by atoms with Gasteiger partial charge in [-0.1, -0.05) is 6.92 Å². The Kier molecular flexibility index (Phi) is 11.0. The third kappa shape index (κ3) is 9.83. The van der Waals surface area contributed by atoms with Crippen molar-refractivity contribution in [3.8, 4) is 0 Å². The van der Waals surface area contributed by atoms with Crippen molar-refractivity contribution in [3.05, 3.63) is 0 Å². The van der Waals surface area contributed by atoms with Crippen LogP contribution < -0.4 is 18.9 Å². The predicted octanol–water partition coefficient (Wildman–Crippen LogP) is -2.68. The van der Waals surface area contributed by atoms with Crippen LogP contribution in [0, 0.1) is 0 Å². The maximum absolute atomic E-state index is 9.54. The van der Waals surface area contributed by atoms with Crippen molar-refractivity contribution in [3.63, 3.8) is 0 Å². The van der Waals surface area contributed by atoms with Gasteiger partial charge in [-0.25, -0.2) is 4.21 Å². The number of rotatable bonds is 3. The monoisotopic (exact) mass is 131 g/mol. The molecule has 0 heterocycles. The second kappa shape index (κ2) is 7.67. The van der Waals surface area contributed by atoms with E-state index in [1.165, 1.54) is 0 Å². The summed E-state index contributed by atoms with van der Waals surface area (Å²) >= 11 is -2.32. The maximum atomic E-state index is 9.54. The molecule has 0 fully saturated rings. The minimum atomic E-state index is -2.32. The number of hydrogen-bond acceptors (Lipinski definition) is 3. The van der Waals surface area contributed by atoms with Gasteiger partial charge < -0.3 is 10.2 Å². The van der Waals surface area contributed by atoms with Crippen LogP contribution in [0.4, 0.5) is 0 Å². The molecule has 0 saturated carbocycles. The Balaban J connectivity index is -0.000000180. The first kappa shape index (κ1) is 11.5. The largest absolute Gasteiger partial charge is 1.00 e. The van der Waals surface area contributed by atoms with Gasteiger partial charge in [0.2, 0.25) is 0 Å². The molecule has 0 aliphatic heterocycles. The minimum absolute atomic E-state index is 0. The summed E-state index contributed by atoms with van der Waals surface area (Å²) in [5, 5.41) is 0. The van der Waals surface area contributed by atoms with Crippen LogP contribution in [0.25, 0.3) is 0 Å². The normalized spacial score (nSPS) is 12.2. The van der Waals surface area contributed by atoms with E-state index < -0.39 is 11.4 Å². The molecule has 0 aromatic heterocycles. The van der Waals surface area contributed by atoms with E-state index in [-0.39, 0.29) is 26.9 Å². The molecule has 3 nitrogen and oxygen atoms in total. The van der Waals surface area contributed by atoms with E-state index in [0.29, 0.717) is 0 Å². The van der Waals surface area contributed by atoms with Crippen molar-refractivity contribution in [2.45, 2.75) is 13.3 Å². The van der Waals surface area contributed by atoms with E-state index >= 15 is 0 Å². The van der Waals surface area contributed by atoms with Gasteiger partial charge >= 0.3 is 18.9 Å². The van der Waals surface area contributed by atoms with Gasteiger partial charge in [0.15, 0.2) is 0 Å².